The predicted octanol–water partition coefficient (Wildman–Crippen LogP) is 1.44. The van der Waals surface area contributed by atoms with E-state index in [2.05, 4.69) is 0 Å². The van der Waals surface area contributed by atoms with Gasteiger partial charge in [-0.1, -0.05) is 0 Å². The van der Waals surface area contributed by atoms with Gasteiger partial charge in [0.1, 0.15) is 0 Å². The van der Waals surface area contributed by atoms with Crippen molar-refractivity contribution in [2.24, 2.45) is 0 Å². The number of hydrogen-bond donors (Lipinski definition) is 1. The van der Waals surface area contributed by atoms with Crippen LogP contribution in [0.1, 0.15) is 29.6 Å². The molecule has 0 saturated carbocycles. The van der Waals surface area contributed by atoms with Gasteiger partial charge >= 0.3 is 0 Å². The standard InChI is InChI=1S/C15H19NO4/c17-12-3-1-6-16(10-12)15(18)11-4-5-13-14(9-11)20-8-2-7-19-13/h4-5,9,12,17H,1-3,6-8,10H2. The minimum absolute atomic E-state index is 0.0561. The highest BCUT2D eigenvalue weighted by atomic mass is 16.5. The van der Waals surface area contributed by atoms with Gasteiger partial charge in [0.2, 0.25) is 0 Å². The molecule has 0 aromatic heterocycles. The van der Waals surface area contributed by atoms with Crippen LogP contribution in [-0.2, 0) is 0 Å². The van der Waals surface area contributed by atoms with Crippen molar-refractivity contribution in [3.05, 3.63) is 23.8 Å². The van der Waals surface area contributed by atoms with Crippen molar-refractivity contribution in [3.8, 4) is 11.5 Å². The largest absolute Gasteiger partial charge is 0.490 e. The molecule has 1 aromatic carbocycles. The Morgan fingerprint density at radius 2 is 2.00 bits per heavy atom. The van der Waals surface area contributed by atoms with Crippen molar-refractivity contribution < 1.29 is 19.4 Å². The normalized spacial score (nSPS) is 22.2. The van der Waals surface area contributed by atoms with Crippen LogP contribution in [0.5, 0.6) is 11.5 Å². The number of carbonyl (C=O) groups is 1. The molecule has 1 unspecified atom stereocenters. The van der Waals surface area contributed by atoms with Gasteiger partial charge in [0.25, 0.3) is 5.91 Å². The molecule has 0 radical (unpaired) electrons. The first-order chi connectivity index (χ1) is 9.74. The Labute approximate surface area is 118 Å². The maximum absolute atomic E-state index is 12.4. The van der Waals surface area contributed by atoms with Crippen molar-refractivity contribution >= 4 is 5.91 Å². The molecule has 1 fully saturated rings. The van der Waals surface area contributed by atoms with E-state index in [1.165, 1.54) is 0 Å². The van der Waals surface area contributed by atoms with Crippen LogP contribution in [0.4, 0.5) is 0 Å². The summed E-state index contributed by atoms with van der Waals surface area (Å²) in [6, 6.07) is 5.29. The number of rotatable bonds is 1. The number of amides is 1. The summed E-state index contributed by atoms with van der Waals surface area (Å²) in [5.74, 6) is 1.27. The SMILES string of the molecule is O=C(c1ccc2c(c1)OCCCO2)N1CCCC(O)C1. The van der Waals surface area contributed by atoms with Crippen LogP contribution in [0.3, 0.4) is 0 Å². The van der Waals surface area contributed by atoms with Crippen molar-refractivity contribution in [1.29, 1.82) is 0 Å². The zero-order valence-corrected chi connectivity index (χ0v) is 11.4. The summed E-state index contributed by atoms with van der Waals surface area (Å²) < 4.78 is 11.2. The zero-order chi connectivity index (χ0) is 13.9. The van der Waals surface area contributed by atoms with Crippen molar-refractivity contribution in [2.75, 3.05) is 26.3 Å². The fourth-order valence-electron chi connectivity index (χ4n) is 2.62. The summed E-state index contributed by atoms with van der Waals surface area (Å²) >= 11 is 0. The molecule has 0 aliphatic carbocycles. The van der Waals surface area contributed by atoms with Gasteiger partial charge in [-0.3, -0.25) is 4.79 Å². The van der Waals surface area contributed by atoms with Crippen molar-refractivity contribution in [3.63, 3.8) is 0 Å². The number of likely N-dealkylation sites (tertiary alicyclic amines) is 1. The van der Waals surface area contributed by atoms with E-state index in [0.29, 0.717) is 43.4 Å². The van der Waals surface area contributed by atoms with Gasteiger partial charge in [0.05, 0.1) is 19.3 Å². The van der Waals surface area contributed by atoms with Crippen LogP contribution in [-0.4, -0.2) is 48.3 Å². The lowest BCUT2D eigenvalue weighted by Crippen LogP contribution is -2.42. The molecule has 0 spiro atoms. The molecule has 2 aliphatic heterocycles. The molecular weight excluding hydrogens is 258 g/mol. The fourth-order valence-corrected chi connectivity index (χ4v) is 2.62. The van der Waals surface area contributed by atoms with Gasteiger partial charge in [0.15, 0.2) is 11.5 Å². The van der Waals surface area contributed by atoms with Crippen LogP contribution in [0.15, 0.2) is 18.2 Å². The Balaban J connectivity index is 1.79. The van der Waals surface area contributed by atoms with E-state index in [0.717, 1.165) is 19.3 Å². The molecule has 5 heteroatoms. The monoisotopic (exact) mass is 277 g/mol. The molecule has 2 aliphatic rings. The maximum Gasteiger partial charge on any atom is 0.254 e. The lowest BCUT2D eigenvalue weighted by Gasteiger charge is -2.30. The third-order valence-corrected chi connectivity index (χ3v) is 3.68. The summed E-state index contributed by atoms with van der Waals surface area (Å²) in [4.78, 5) is 14.1. The van der Waals surface area contributed by atoms with E-state index in [4.69, 9.17) is 9.47 Å². The molecule has 0 bridgehead atoms. The number of hydrogen-bond acceptors (Lipinski definition) is 4. The number of piperidine rings is 1. The molecule has 1 aromatic rings. The van der Waals surface area contributed by atoms with E-state index < -0.39 is 6.10 Å². The molecule has 20 heavy (non-hydrogen) atoms. The molecule has 1 atom stereocenters. The van der Waals surface area contributed by atoms with Crippen LogP contribution in [0, 0.1) is 0 Å². The average Bonchev–Trinajstić information content (AvgIpc) is 2.71. The average molecular weight is 277 g/mol. The second-order valence-corrected chi connectivity index (χ2v) is 5.26. The van der Waals surface area contributed by atoms with Crippen LogP contribution < -0.4 is 9.47 Å². The number of benzene rings is 1. The van der Waals surface area contributed by atoms with Gasteiger partial charge < -0.3 is 19.5 Å². The topological polar surface area (TPSA) is 59.0 Å². The Hall–Kier alpha value is -1.75. The summed E-state index contributed by atoms with van der Waals surface area (Å²) in [5, 5.41) is 9.67. The van der Waals surface area contributed by atoms with E-state index in [-0.39, 0.29) is 5.91 Å². The van der Waals surface area contributed by atoms with Gasteiger partial charge in [-0.15, -0.1) is 0 Å². The van der Waals surface area contributed by atoms with Gasteiger partial charge in [-0.05, 0) is 31.0 Å². The zero-order valence-electron chi connectivity index (χ0n) is 11.4. The van der Waals surface area contributed by atoms with E-state index >= 15 is 0 Å². The van der Waals surface area contributed by atoms with Gasteiger partial charge in [0, 0.05) is 25.1 Å². The summed E-state index contributed by atoms with van der Waals surface area (Å²) in [6.45, 7) is 2.35. The Kier molecular flexibility index (Phi) is 3.78. The quantitative estimate of drug-likeness (QED) is 0.844. The highest BCUT2D eigenvalue weighted by molar-refractivity contribution is 5.95. The Morgan fingerprint density at radius 1 is 1.20 bits per heavy atom. The number of fused-ring (bicyclic) bond motifs is 1. The number of carbonyl (C=O) groups excluding carboxylic acids is 1. The number of aliphatic hydroxyl groups excluding tert-OH is 1. The second kappa shape index (κ2) is 5.71. The lowest BCUT2D eigenvalue weighted by molar-refractivity contribution is 0.0473. The Morgan fingerprint density at radius 3 is 2.80 bits per heavy atom. The van der Waals surface area contributed by atoms with Crippen LogP contribution in [0.25, 0.3) is 0 Å². The Bertz CT molecular complexity index is 503. The molecule has 2 heterocycles. The molecule has 1 N–H and O–H groups in total. The van der Waals surface area contributed by atoms with Crippen molar-refractivity contribution in [2.45, 2.75) is 25.4 Å². The summed E-state index contributed by atoms with van der Waals surface area (Å²) in [5.41, 5.74) is 0.586. The summed E-state index contributed by atoms with van der Waals surface area (Å²) in [6.07, 6.45) is 2.05. The first kappa shape index (κ1) is 13.2. The second-order valence-electron chi connectivity index (χ2n) is 5.26. The van der Waals surface area contributed by atoms with Gasteiger partial charge in [-0.2, -0.15) is 0 Å². The van der Waals surface area contributed by atoms with Crippen molar-refractivity contribution in [1.82, 2.24) is 4.90 Å². The van der Waals surface area contributed by atoms with Crippen LogP contribution in [0.2, 0.25) is 0 Å². The minimum Gasteiger partial charge on any atom is -0.490 e. The molecule has 5 nitrogen and oxygen atoms in total. The van der Waals surface area contributed by atoms with Crippen LogP contribution >= 0.6 is 0 Å². The van der Waals surface area contributed by atoms with E-state index in [9.17, 15) is 9.90 Å². The molecule has 1 saturated heterocycles. The molecule has 1 amide bonds. The number of ether oxygens (including phenoxy) is 2. The fraction of sp³-hybridized carbons (Fsp3) is 0.533. The highest BCUT2D eigenvalue weighted by Gasteiger charge is 2.24. The van der Waals surface area contributed by atoms with E-state index in [1.807, 2.05) is 0 Å². The smallest absolute Gasteiger partial charge is 0.254 e. The number of aliphatic hydroxyl groups is 1. The molecular formula is C15H19NO4. The summed E-state index contributed by atoms with van der Waals surface area (Å²) in [7, 11) is 0. The third-order valence-electron chi connectivity index (χ3n) is 3.68. The number of nitrogens with zero attached hydrogens (tertiary/aromatic N) is 1. The predicted molar refractivity (Wildman–Crippen MR) is 73.2 cm³/mol. The first-order valence-corrected chi connectivity index (χ1v) is 7.11. The van der Waals surface area contributed by atoms with E-state index in [1.54, 1.807) is 23.1 Å². The third kappa shape index (κ3) is 2.72. The maximum atomic E-state index is 12.4. The first-order valence-electron chi connectivity index (χ1n) is 7.11. The minimum atomic E-state index is -0.409. The highest BCUT2D eigenvalue weighted by Crippen LogP contribution is 2.31. The van der Waals surface area contributed by atoms with Gasteiger partial charge in [-0.25, -0.2) is 0 Å². The lowest BCUT2D eigenvalue weighted by atomic mass is 10.1. The molecule has 3 rings (SSSR count). The molecule has 108 valence electrons. The number of β-amino-alcohol motifs (C(OH)–C–C–N with tert-alkyl or cyclic N) is 1.